The van der Waals surface area contributed by atoms with Gasteiger partial charge < -0.3 is 0 Å². The van der Waals surface area contributed by atoms with Crippen molar-refractivity contribution in [1.29, 1.82) is 5.26 Å². The zero-order valence-corrected chi connectivity index (χ0v) is 5.94. The molecule has 0 bridgehead atoms. The first kappa shape index (κ1) is 7.48. The van der Waals surface area contributed by atoms with E-state index in [9.17, 15) is 12.8 Å². The predicted octanol–water partition coefficient (Wildman–Crippen LogP) is -0.107. The number of halogens is 1. The van der Waals surface area contributed by atoms with E-state index in [2.05, 4.69) is 0 Å². The van der Waals surface area contributed by atoms with E-state index < -0.39 is 27.7 Å². The second-order valence-corrected chi connectivity index (χ2v) is 4.48. The molecule has 0 aromatic heterocycles. The van der Waals surface area contributed by atoms with E-state index in [4.69, 9.17) is 5.26 Å². The number of hydrogen-bond donors (Lipinski definition) is 0. The molecule has 1 saturated heterocycles. The Labute approximate surface area is 58.4 Å². The van der Waals surface area contributed by atoms with Gasteiger partial charge in [0.25, 0.3) is 0 Å². The van der Waals surface area contributed by atoms with Crippen LogP contribution in [0.25, 0.3) is 0 Å². The van der Waals surface area contributed by atoms with Gasteiger partial charge >= 0.3 is 0 Å². The molecule has 1 aliphatic heterocycles. The Kier molecular flexibility index (Phi) is 1.65. The zero-order valence-electron chi connectivity index (χ0n) is 5.12. The summed E-state index contributed by atoms with van der Waals surface area (Å²) in [6.07, 6.45) is -1.48. The highest BCUT2D eigenvalue weighted by Crippen LogP contribution is 2.20. The normalized spacial score (nSPS) is 37.2. The van der Waals surface area contributed by atoms with Crippen molar-refractivity contribution in [2.45, 2.75) is 6.17 Å². The van der Waals surface area contributed by atoms with Crippen LogP contribution in [0.2, 0.25) is 0 Å². The van der Waals surface area contributed by atoms with E-state index in [1.165, 1.54) is 0 Å². The van der Waals surface area contributed by atoms with Crippen LogP contribution in [0.3, 0.4) is 0 Å². The molecule has 0 saturated carbocycles. The maximum Gasteiger partial charge on any atom is 0.154 e. The lowest BCUT2D eigenvalue weighted by Crippen LogP contribution is -2.09. The summed E-state index contributed by atoms with van der Waals surface area (Å²) in [4.78, 5) is 0. The molecule has 10 heavy (non-hydrogen) atoms. The second kappa shape index (κ2) is 2.20. The van der Waals surface area contributed by atoms with Gasteiger partial charge in [-0.3, -0.25) is 0 Å². The Morgan fingerprint density at radius 3 is 2.30 bits per heavy atom. The van der Waals surface area contributed by atoms with Crippen molar-refractivity contribution in [3.8, 4) is 6.07 Å². The molecule has 2 atom stereocenters. The molecule has 56 valence electrons. The van der Waals surface area contributed by atoms with E-state index in [0.717, 1.165) is 0 Å². The molecule has 0 spiro atoms. The summed E-state index contributed by atoms with van der Waals surface area (Å²) in [5.74, 6) is -1.74. The first-order valence-electron chi connectivity index (χ1n) is 2.79. The fraction of sp³-hybridized carbons (Fsp3) is 0.800. The van der Waals surface area contributed by atoms with Gasteiger partial charge in [0.05, 0.1) is 23.5 Å². The largest absolute Gasteiger partial charge is 0.245 e. The highest BCUT2D eigenvalue weighted by molar-refractivity contribution is 7.91. The molecule has 0 aromatic rings. The summed E-state index contributed by atoms with van der Waals surface area (Å²) >= 11 is 0. The summed E-state index contributed by atoms with van der Waals surface area (Å²) in [7, 11) is -3.25. The number of nitriles is 1. The number of sulfone groups is 1. The fourth-order valence-electron chi connectivity index (χ4n) is 0.923. The predicted molar refractivity (Wildman–Crippen MR) is 32.7 cm³/mol. The zero-order chi connectivity index (χ0) is 7.78. The van der Waals surface area contributed by atoms with Crippen molar-refractivity contribution in [2.24, 2.45) is 5.92 Å². The molecule has 0 radical (unpaired) electrons. The molecule has 0 aliphatic carbocycles. The average Bonchev–Trinajstić information content (AvgIpc) is 2.05. The van der Waals surface area contributed by atoms with Crippen molar-refractivity contribution in [1.82, 2.24) is 0 Å². The monoisotopic (exact) mass is 163 g/mol. The summed E-state index contributed by atoms with van der Waals surface area (Å²) in [5.41, 5.74) is 0. The van der Waals surface area contributed by atoms with E-state index in [1.54, 1.807) is 6.07 Å². The standard InChI is InChI=1S/C5H6FNO2S/c6-5-3-10(8,9)2-4(5)1-7/h4-5H,2-3H2/t4-,5-/m1/s1. The minimum absolute atomic E-state index is 0.315. The van der Waals surface area contributed by atoms with Crippen LogP contribution in [0.15, 0.2) is 0 Å². The summed E-state index contributed by atoms with van der Waals surface area (Å²) in [6, 6.07) is 1.62. The Morgan fingerprint density at radius 2 is 2.10 bits per heavy atom. The highest BCUT2D eigenvalue weighted by atomic mass is 32.2. The third-order valence-corrected chi connectivity index (χ3v) is 3.14. The van der Waals surface area contributed by atoms with Crippen molar-refractivity contribution in [2.75, 3.05) is 11.5 Å². The number of rotatable bonds is 0. The van der Waals surface area contributed by atoms with Gasteiger partial charge in [-0.05, 0) is 0 Å². The molecule has 1 fully saturated rings. The van der Waals surface area contributed by atoms with Crippen LogP contribution in [-0.4, -0.2) is 26.1 Å². The summed E-state index contributed by atoms with van der Waals surface area (Å²) in [5, 5.41) is 8.21. The topological polar surface area (TPSA) is 57.9 Å². The molecule has 0 amide bonds. The van der Waals surface area contributed by atoms with Crippen molar-refractivity contribution in [3.05, 3.63) is 0 Å². The molecular formula is C5H6FNO2S. The van der Waals surface area contributed by atoms with Crippen molar-refractivity contribution < 1.29 is 12.8 Å². The number of hydrogen-bond acceptors (Lipinski definition) is 3. The van der Waals surface area contributed by atoms with E-state index in [-0.39, 0.29) is 5.75 Å². The Morgan fingerprint density at radius 1 is 1.50 bits per heavy atom. The van der Waals surface area contributed by atoms with Crippen LogP contribution in [0.1, 0.15) is 0 Å². The first-order chi connectivity index (χ1) is 4.55. The maximum absolute atomic E-state index is 12.5. The van der Waals surface area contributed by atoms with Crippen LogP contribution in [0.4, 0.5) is 4.39 Å². The minimum atomic E-state index is -3.25. The van der Waals surface area contributed by atoms with E-state index in [1.807, 2.05) is 0 Å². The van der Waals surface area contributed by atoms with Gasteiger partial charge in [0, 0.05) is 0 Å². The minimum Gasteiger partial charge on any atom is -0.245 e. The fourth-order valence-corrected chi connectivity index (χ4v) is 2.61. The van der Waals surface area contributed by atoms with E-state index >= 15 is 0 Å². The summed E-state index contributed by atoms with van der Waals surface area (Å²) in [6.45, 7) is 0. The third-order valence-electron chi connectivity index (χ3n) is 1.45. The molecule has 1 rings (SSSR count). The number of nitrogens with zero attached hydrogens (tertiary/aromatic N) is 1. The lowest BCUT2D eigenvalue weighted by Gasteiger charge is -1.95. The van der Waals surface area contributed by atoms with Crippen LogP contribution in [0, 0.1) is 17.2 Å². The van der Waals surface area contributed by atoms with Gasteiger partial charge in [-0.15, -0.1) is 0 Å². The Bertz CT molecular complexity index is 266. The van der Waals surface area contributed by atoms with Gasteiger partial charge in [-0.2, -0.15) is 5.26 Å². The Balaban J connectivity index is 2.83. The molecule has 0 unspecified atom stereocenters. The van der Waals surface area contributed by atoms with Gasteiger partial charge in [0.15, 0.2) is 9.84 Å². The van der Waals surface area contributed by atoms with Gasteiger partial charge in [0.1, 0.15) is 6.17 Å². The molecular weight excluding hydrogens is 157 g/mol. The molecule has 3 nitrogen and oxygen atoms in total. The smallest absolute Gasteiger partial charge is 0.154 e. The van der Waals surface area contributed by atoms with Gasteiger partial charge in [-0.1, -0.05) is 0 Å². The second-order valence-electron chi connectivity index (χ2n) is 2.33. The lowest BCUT2D eigenvalue weighted by atomic mass is 10.1. The third kappa shape index (κ3) is 1.27. The van der Waals surface area contributed by atoms with Gasteiger partial charge in [-0.25, -0.2) is 12.8 Å². The lowest BCUT2D eigenvalue weighted by molar-refractivity contribution is 0.325. The van der Waals surface area contributed by atoms with Crippen LogP contribution in [0.5, 0.6) is 0 Å². The Hall–Kier alpha value is -0.630. The average molecular weight is 163 g/mol. The van der Waals surface area contributed by atoms with Gasteiger partial charge in [0.2, 0.25) is 0 Å². The molecule has 1 heterocycles. The highest BCUT2D eigenvalue weighted by Gasteiger charge is 2.37. The molecule has 0 N–H and O–H groups in total. The maximum atomic E-state index is 12.5. The van der Waals surface area contributed by atoms with Crippen LogP contribution < -0.4 is 0 Å². The number of alkyl halides is 1. The van der Waals surface area contributed by atoms with Crippen LogP contribution >= 0.6 is 0 Å². The molecule has 5 heteroatoms. The summed E-state index contributed by atoms with van der Waals surface area (Å²) < 4.78 is 33.7. The SMILES string of the molecule is N#C[C@@H]1CS(=O)(=O)C[C@H]1F. The first-order valence-corrected chi connectivity index (χ1v) is 4.61. The van der Waals surface area contributed by atoms with Crippen molar-refractivity contribution >= 4 is 9.84 Å². The molecule has 0 aromatic carbocycles. The van der Waals surface area contributed by atoms with E-state index in [0.29, 0.717) is 0 Å². The van der Waals surface area contributed by atoms with Crippen LogP contribution in [-0.2, 0) is 9.84 Å². The molecule has 1 aliphatic rings. The quantitative estimate of drug-likeness (QED) is 0.500. The van der Waals surface area contributed by atoms with Crippen molar-refractivity contribution in [3.63, 3.8) is 0 Å².